The number of hydrogen-bond donors (Lipinski definition) is 2. The molecule has 3 aromatic rings. The van der Waals surface area contributed by atoms with Crippen molar-refractivity contribution in [1.29, 1.82) is 0 Å². The minimum atomic E-state index is -4.74. The Labute approximate surface area is 211 Å². The zero-order chi connectivity index (χ0) is 26.5. The highest BCUT2D eigenvalue weighted by Crippen LogP contribution is 2.36. The Morgan fingerprint density at radius 2 is 1.64 bits per heavy atom. The van der Waals surface area contributed by atoms with Crippen LogP contribution in [0, 0.1) is 0 Å². The predicted octanol–water partition coefficient (Wildman–Crippen LogP) is 4.90. The number of carbonyl (C=O) groups excluding carboxylic acids is 1. The van der Waals surface area contributed by atoms with E-state index in [1.54, 1.807) is 30.3 Å². The summed E-state index contributed by atoms with van der Waals surface area (Å²) in [4.78, 5) is 12.9. The lowest BCUT2D eigenvalue weighted by Gasteiger charge is -2.20. The van der Waals surface area contributed by atoms with Crippen LogP contribution in [-0.4, -0.2) is 34.6 Å². The van der Waals surface area contributed by atoms with Crippen molar-refractivity contribution in [2.75, 3.05) is 19.5 Å². The summed E-state index contributed by atoms with van der Waals surface area (Å²) in [6, 6.07) is 14.0. The topological polar surface area (TPSA) is 93.7 Å². The van der Waals surface area contributed by atoms with E-state index in [0.717, 1.165) is 6.07 Å². The van der Waals surface area contributed by atoms with Crippen molar-refractivity contribution in [2.24, 2.45) is 0 Å². The van der Waals surface area contributed by atoms with E-state index in [-0.39, 0.29) is 22.8 Å². The number of ether oxygens (including phenoxy) is 2. The summed E-state index contributed by atoms with van der Waals surface area (Å²) >= 11 is 5.65. The van der Waals surface area contributed by atoms with E-state index >= 15 is 0 Å². The molecule has 0 saturated carbocycles. The van der Waals surface area contributed by atoms with Crippen molar-refractivity contribution in [3.05, 3.63) is 82.9 Å². The van der Waals surface area contributed by atoms with Crippen LogP contribution in [0.25, 0.3) is 0 Å². The number of rotatable bonds is 9. The fourth-order valence-electron chi connectivity index (χ4n) is 3.33. The van der Waals surface area contributed by atoms with Crippen molar-refractivity contribution < 1.29 is 35.9 Å². The molecule has 0 saturated heterocycles. The molecule has 3 rings (SSSR count). The molecule has 0 heterocycles. The van der Waals surface area contributed by atoms with Gasteiger partial charge in [0.15, 0.2) is 11.5 Å². The second-order valence-corrected chi connectivity index (χ2v) is 9.68. The molecule has 0 aliphatic carbocycles. The molecule has 12 heteroatoms. The molecule has 1 atom stereocenters. The van der Waals surface area contributed by atoms with Crippen LogP contribution in [-0.2, 0) is 27.4 Å². The van der Waals surface area contributed by atoms with E-state index in [1.807, 2.05) is 0 Å². The van der Waals surface area contributed by atoms with Crippen LogP contribution in [0.1, 0.15) is 11.1 Å². The third kappa shape index (κ3) is 6.68. The average molecular weight is 543 g/mol. The van der Waals surface area contributed by atoms with Gasteiger partial charge >= 0.3 is 6.18 Å². The molecule has 0 aliphatic heterocycles. The Morgan fingerprint density at radius 1 is 0.972 bits per heavy atom. The standard InChI is InChI=1S/C24H22ClF3N2O5S/c1-34-21-11-9-17(14-22(21)35-2)36(32,33)30-20(12-15-6-4-3-5-7-15)23(31)29-16-8-10-19(25)18(13-16)24(26,27)28/h3-11,13-14,20,30H,12H2,1-2H3,(H,29,31). The number of alkyl halides is 3. The quantitative estimate of drug-likeness (QED) is 0.401. The van der Waals surface area contributed by atoms with Crippen molar-refractivity contribution in [3.63, 3.8) is 0 Å². The van der Waals surface area contributed by atoms with Gasteiger partial charge in [0.1, 0.15) is 6.04 Å². The van der Waals surface area contributed by atoms with Crippen LogP contribution in [0.4, 0.5) is 18.9 Å². The zero-order valence-corrected chi connectivity index (χ0v) is 20.7. The summed E-state index contributed by atoms with van der Waals surface area (Å²) in [6.07, 6.45) is -4.81. The first-order valence-corrected chi connectivity index (χ1v) is 12.3. The first kappa shape index (κ1) is 27.3. The number of carbonyl (C=O) groups is 1. The third-order valence-corrected chi connectivity index (χ3v) is 6.90. The molecular weight excluding hydrogens is 521 g/mol. The van der Waals surface area contributed by atoms with Crippen LogP contribution in [0.5, 0.6) is 11.5 Å². The zero-order valence-electron chi connectivity index (χ0n) is 19.1. The van der Waals surface area contributed by atoms with Crippen molar-refractivity contribution in [3.8, 4) is 11.5 Å². The number of sulfonamides is 1. The van der Waals surface area contributed by atoms with Gasteiger partial charge in [0.2, 0.25) is 15.9 Å². The molecule has 1 unspecified atom stereocenters. The minimum absolute atomic E-state index is 0.0705. The van der Waals surface area contributed by atoms with E-state index in [4.69, 9.17) is 21.1 Å². The Bertz CT molecular complexity index is 1340. The second kappa shape index (κ2) is 11.2. The number of nitrogens with one attached hydrogen (secondary N) is 2. The van der Waals surface area contributed by atoms with Gasteiger partial charge in [-0.25, -0.2) is 8.42 Å². The molecule has 1 amide bonds. The molecule has 0 bridgehead atoms. The molecule has 7 nitrogen and oxygen atoms in total. The van der Waals surface area contributed by atoms with Crippen molar-refractivity contribution >= 4 is 33.2 Å². The smallest absolute Gasteiger partial charge is 0.417 e. The largest absolute Gasteiger partial charge is 0.493 e. The van der Waals surface area contributed by atoms with E-state index in [0.29, 0.717) is 17.4 Å². The van der Waals surface area contributed by atoms with Crippen LogP contribution in [0.2, 0.25) is 5.02 Å². The Morgan fingerprint density at radius 3 is 2.25 bits per heavy atom. The second-order valence-electron chi connectivity index (χ2n) is 7.56. The van der Waals surface area contributed by atoms with Gasteiger partial charge in [-0.15, -0.1) is 0 Å². The molecule has 0 spiro atoms. The van der Waals surface area contributed by atoms with Gasteiger partial charge in [-0.2, -0.15) is 17.9 Å². The van der Waals surface area contributed by atoms with Crippen LogP contribution >= 0.6 is 11.6 Å². The number of anilines is 1. The lowest BCUT2D eigenvalue weighted by atomic mass is 10.1. The molecule has 0 aromatic heterocycles. The summed E-state index contributed by atoms with van der Waals surface area (Å²) in [5.41, 5.74) is -0.702. The van der Waals surface area contributed by atoms with Gasteiger partial charge < -0.3 is 14.8 Å². The Hall–Kier alpha value is -3.28. The summed E-state index contributed by atoms with van der Waals surface area (Å²) in [5.74, 6) is -0.401. The first-order chi connectivity index (χ1) is 16.9. The maximum absolute atomic E-state index is 13.2. The molecule has 192 valence electrons. The van der Waals surface area contributed by atoms with E-state index in [2.05, 4.69) is 10.0 Å². The SMILES string of the molecule is COc1ccc(S(=O)(=O)NC(Cc2ccccc2)C(=O)Nc2ccc(Cl)c(C(F)(F)F)c2)cc1OC. The van der Waals surface area contributed by atoms with Crippen molar-refractivity contribution in [1.82, 2.24) is 4.72 Å². The van der Waals surface area contributed by atoms with Gasteiger partial charge in [-0.05, 0) is 42.3 Å². The van der Waals surface area contributed by atoms with Crippen molar-refractivity contribution in [2.45, 2.75) is 23.5 Å². The summed E-state index contributed by atoms with van der Waals surface area (Å²) in [5, 5.41) is 1.82. The molecule has 0 aliphatic rings. The fraction of sp³-hybridized carbons (Fsp3) is 0.208. The first-order valence-electron chi connectivity index (χ1n) is 10.4. The van der Waals surface area contributed by atoms with E-state index < -0.39 is 38.7 Å². The highest BCUT2D eigenvalue weighted by Gasteiger charge is 2.34. The molecule has 3 aromatic carbocycles. The maximum atomic E-state index is 13.2. The van der Waals surface area contributed by atoms with Crippen LogP contribution < -0.4 is 19.5 Å². The molecular formula is C24H22ClF3N2O5S. The molecule has 0 radical (unpaired) electrons. The predicted molar refractivity (Wildman–Crippen MR) is 129 cm³/mol. The summed E-state index contributed by atoms with van der Waals surface area (Å²) in [7, 11) is -1.52. The van der Waals surface area contributed by atoms with Gasteiger partial charge in [0.05, 0.1) is 29.7 Å². The third-order valence-electron chi connectivity index (χ3n) is 5.10. The maximum Gasteiger partial charge on any atom is 0.417 e. The number of amides is 1. The lowest BCUT2D eigenvalue weighted by Crippen LogP contribution is -2.45. The highest BCUT2D eigenvalue weighted by molar-refractivity contribution is 7.89. The number of halogens is 4. The summed E-state index contributed by atoms with van der Waals surface area (Å²) in [6.45, 7) is 0. The minimum Gasteiger partial charge on any atom is -0.493 e. The Kier molecular flexibility index (Phi) is 8.49. The lowest BCUT2D eigenvalue weighted by molar-refractivity contribution is -0.137. The van der Waals surface area contributed by atoms with Crippen LogP contribution in [0.3, 0.4) is 0 Å². The van der Waals surface area contributed by atoms with Gasteiger partial charge in [0, 0.05) is 11.8 Å². The summed E-state index contributed by atoms with van der Waals surface area (Å²) < 4.78 is 78.6. The van der Waals surface area contributed by atoms with Gasteiger partial charge in [-0.3, -0.25) is 4.79 Å². The Balaban J connectivity index is 1.92. The molecule has 0 fully saturated rings. The van der Waals surface area contributed by atoms with E-state index in [9.17, 15) is 26.4 Å². The fourth-order valence-corrected chi connectivity index (χ4v) is 4.76. The normalized spacial score (nSPS) is 12.6. The number of hydrogen-bond acceptors (Lipinski definition) is 5. The number of methoxy groups -OCH3 is 2. The molecule has 2 N–H and O–H groups in total. The number of benzene rings is 3. The van der Waals surface area contributed by atoms with Gasteiger partial charge in [-0.1, -0.05) is 41.9 Å². The van der Waals surface area contributed by atoms with E-state index in [1.165, 1.54) is 38.5 Å². The van der Waals surface area contributed by atoms with Crippen LogP contribution in [0.15, 0.2) is 71.6 Å². The highest BCUT2D eigenvalue weighted by atomic mass is 35.5. The van der Waals surface area contributed by atoms with Gasteiger partial charge in [0.25, 0.3) is 0 Å². The average Bonchev–Trinajstić information content (AvgIpc) is 2.84. The molecule has 36 heavy (non-hydrogen) atoms. The monoisotopic (exact) mass is 542 g/mol.